The number of rotatable bonds is 3. The van der Waals surface area contributed by atoms with Crippen molar-refractivity contribution in [1.82, 2.24) is 0 Å². The Labute approximate surface area is 103 Å². The van der Waals surface area contributed by atoms with Crippen LogP contribution in [-0.4, -0.2) is 18.8 Å². The van der Waals surface area contributed by atoms with Crippen LogP contribution in [0.25, 0.3) is 0 Å². The first-order chi connectivity index (χ1) is 8.19. The summed E-state index contributed by atoms with van der Waals surface area (Å²) in [4.78, 5) is 0. The van der Waals surface area contributed by atoms with Crippen molar-refractivity contribution >= 4 is 0 Å². The van der Waals surface area contributed by atoms with Crippen LogP contribution >= 0.6 is 0 Å². The van der Waals surface area contributed by atoms with Crippen LogP contribution in [0.2, 0.25) is 0 Å². The van der Waals surface area contributed by atoms with E-state index in [4.69, 9.17) is 10.5 Å². The average molecular weight is 235 g/mol. The molecule has 1 atom stereocenters. The molecule has 3 nitrogen and oxygen atoms in total. The summed E-state index contributed by atoms with van der Waals surface area (Å²) in [5.74, 6) is 0.779. The largest absolute Gasteiger partial charge is 0.496 e. The molecule has 17 heavy (non-hydrogen) atoms. The molecule has 0 bridgehead atoms. The van der Waals surface area contributed by atoms with Gasteiger partial charge in [-0.1, -0.05) is 0 Å². The van der Waals surface area contributed by atoms with E-state index < -0.39 is 6.10 Å². The standard InChI is InChI=1S/C14H21NO2/c1-9-7-13(17-2)14(12(16)8-15)11-6-4-3-5-10(9)11/h7,12,16H,3-6,8,15H2,1-2H3. The van der Waals surface area contributed by atoms with Gasteiger partial charge in [0.2, 0.25) is 0 Å². The van der Waals surface area contributed by atoms with E-state index in [1.807, 2.05) is 6.07 Å². The van der Waals surface area contributed by atoms with Crippen LogP contribution in [0.5, 0.6) is 5.75 Å². The second-order valence-electron chi connectivity index (χ2n) is 4.73. The number of fused-ring (bicyclic) bond motifs is 1. The van der Waals surface area contributed by atoms with Crippen molar-refractivity contribution in [3.63, 3.8) is 0 Å². The Balaban J connectivity index is 2.60. The molecule has 0 spiro atoms. The highest BCUT2D eigenvalue weighted by molar-refractivity contribution is 5.51. The lowest BCUT2D eigenvalue weighted by molar-refractivity contribution is 0.180. The minimum atomic E-state index is -0.614. The number of nitrogens with two attached hydrogens (primary N) is 1. The predicted molar refractivity (Wildman–Crippen MR) is 68.4 cm³/mol. The maximum absolute atomic E-state index is 10.1. The molecule has 0 radical (unpaired) electrons. The summed E-state index contributed by atoms with van der Waals surface area (Å²) in [5.41, 5.74) is 10.4. The van der Waals surface area contributed by atoms with Crippen molar-refractivity contribution in [3.8, 4) is 5.75 Å². The van der Waals surface area contributed by atoms with Gasteiger partial charge in [-0.05, 0) is 55.4 Å². The minimum absolute atomic E-state index is 0.242. The van der Waals surface area contributed by atoms with Crippen molar-refractivity contribution < 1.29 is 9.84 Å². The maximum Gasteiger partial charge on any atom is 0.125 e. The Morgan fingerprint density at radius 2 is 2.00 bits per heavy atom. The molecular formula is C14H21NO2. The van der Waals surface area contributed by atoms with Crippen molar-refractivity contribution in [2.45, 2.75) is 38.7 Å². The van der Waals surface area contributed by atoms with Gasteiger partial charge in [-0.2, -0.15) is 0 Å². The normalized spacial score (nSPS) is 16.5. The lowest BCUT2D eigenvalue weighted by atomic mass is 9.83. The van der Waals surface area contributed by atoms with Crippen LogP contribution in [0.3, 0.4) is 0 Å². The zero-order chi connectivity index (χ0) is 12.4. The summed E-state index contributed by atoms with van der Waals surface area (Å²) >= 11 is 0. The van der Waals surface area contributed by atoms with E-state index >= 15 is 0 Å². The Morgan fingerprint density at radius 3 is 2.59 bits per heavy atom. The third-order valence-electron chi connectivity index (χ3n) is 3.66. The Hall–Kier alpha value is -1.06. The zero-order valence-electron chi connectivity index (χ0n) is 10.6. The van der Waals surface area contributed by atoms with Gasteiger partial charge in [-0.15, -0.1) is 0 Å². The summed E-state index contributed by atoms with van der Waals surface area (Å²) in [5, 5.41) is 10.1. The van der Waals surface area contributed by atoms with Crippen LogP contribution in [0.1, 0.15) is 41.2 Å². The quantitative estimate of drug-likeness (QED) is 0.841. The monoisotopic (exact) mass is 235 g/mol. The maximum atomic E-state index is 10.1. The van der Waals surface area contributed by atoms with E-state index in [2.05, 4.69) is 6.92 Å². The van der Waals surface area contributed by atoms with Crippen LogP contribution < -0.4 is 10.5 Å². The van der Waals surface area contributed by atoms with Gasteiger partial charge in [0.25, 0.3) is 0 Å². The predicted octanol–water partition coefficient (Wildman–Crippen LogP) is 1.87. The highest BCUT2D eigenvalue weighted by atomic mass is 16.5. The molecule has 1 unspecified atom stereocenters. The van der Waals surface area contributed by atoms with Gasteiger partial charge in [-0.3, -0.25) is 0 Å². The fourth-order valence-electron chi connectivity index (χ4n) is 2.80. The number of ether oxygens (including phenoxy) is 1. The molecule has 2 rings (SSSR count). The lowest BCUT2D eigenvalue weighted by Gasteiger charge is -2.25. The van der Waals surface area contributed by atoms with E-state index in [0.717, 1.165) is 24.2 Å². The number of aliphatic hydroxyl groups excluding tert-OH is 1. The number of hydrogen-bond donors (Lipinski definition) is 2. The zero-order valence-corrected chi connectivity index (χ0v) is 10.6. The highest BCUT2D eigenvalue weighted by Gasteiger charge is 2.23. The lowest BCUT2D eigenvalue weighted by Crippen LogP contribution is -2.18. The van der Waals surface area contributed by atoms with Gasteiger partial charge in [-0.25, -0.2) is 0 Å². The molecule has 0 saturated heterocycles. The summed E-state index contributed by atoms with van der Waals surface area (Å²) in [6.45, 7) is 2.36. The molecule has 1 aromatic rings. The van der Waals surface area contributed by atoms with Gasteiger partial charge < -0.3 is 15.6 Å². The second kappa shape index (κ2) is 5.07. The van der Waals surface area contributed by atoms with E-state index in [1.54, 1.807) is 7.11 Å². The average Bonchev–Trinajstić information content (AvgIpc) is 2.37. The summed E-state index contributed by atoms with van der Waals surface area (Å²) < 4.78 is 5.40. The molecule has 1 aromatic carbocycles. The van der Waals surface area contributed by atoms with E-state index in [9.17, 15) is 5.11 Å². The smallest absolute Gasteiger partial charge is 0.125 e. The molecule has 0 aromatic heterocycles. The summed E-state index contributed by atoms with van der Waals surface area (Å²) in [6, 6.07) is 2.03. The first-order valence-corrected chi connectivity index (χ1v) is 6.26. The summed E-state index contributed by atoms with van der Waals surface area (Å²) in [6.07, 6.45) is 3.94. The number of aliphatic hydroxyl groups is 1. The van der Waals surface area contributed by atoms with E-state index in [-0.39, 0.29) is 6.54 Å². The molecule has 1 aliphatic rings. The molecule has 3 heteroatoms. The third kappa shape index (κ3) is 2.17. The molecular weight excluding hydrogens is 214 g/mol. The summed E-state index contributed by atoms with van der Waals surface area (Å²) in [7, 11) is 1.65. The van der Waals surface area contributed by atoms with Crippen LogP contribution in [0.15, 0.2) is 6.07 Å². The van der Waals surface area contributed by atoms with Crippen molar-refractivity contribution in [2.24, 2.45) is 5.73 Å². The molecule has 0 amide bonds. The first-order valence-electron chi connectivity index (χ1n) is 6.26. The Kier molecular flexibility index (Phi) is 3.69. The number of aryl methyl sites for hydroxylation is 1. The van der Waals surface area contributed by atoms with Crippen molar-refractivity contribution in [3.05, 3.63) is 28.3 Å². The molecule has 0 fully saturated rings. The van der Waals surface area contributed by atoms with Gasteiger partial charge in [0.1, 0.15) is 5.75 Å². The molecule has 94 valence electrons. The van der Waals surface area contributed by atoms with Gasteiger partial charge >= 0.3 is 0 Å². The highest BCUT2D eigenvalue weighted by Crippen LogP contribution is 2.37. The van der Waals surface area contributed by atoms with Crippen LogP contribution in [-0.2, 0) is 12.8 Å². The molecule has 0 heterocycles. The van der Waals surface area contributed by atoms with Crippen molar-refractivity contribution in [2.75, 3.05) is 13.7 Å². The molecule has 0 saturated carbocycles. The topological polar surface area (TPSA) is 55.5 Å². The van der Waals surface area contributed by atoms with E-state index in [1.165, 1.54) is 29.5 Å². The van der Waals surface area contributed by atoms with Gasteiger partial charge in [0.15, 0.2) is 0 Å². The van der Waals surface area contributed by atoms with Crippen LogP contribution in [0.4, 0.5) is 0 Å². The number of benzene rings is 1. The van der Waals surface area contributed by atoms with Gasteiger partial charge in [0, 0.05) is 12.1 Å². The fraction of sp³-hybridized carbons (Fsp3) is 0.571. The Morgan fingerprint density at radius 1 is 1.35 bits per heavy atom. The van der Waals surface area contributed by atoms with Gasteiger partial charge in [0.05, 0.1) is 13.2 Å². The molecule has 3 N–H and O–H groups in total. The first kappa shape index (κ1) is 12.4. The second-order valence-corrected chi connectivity index (χ2v) is 4.73. The van der Waals surface area contributed by atoms with Crippen molar-refractivity contribution in [1.29, 1.82) is 0 Å². The number of methoxy groups -OCH3 is 1. The molecule has 0 aliphatic heterocycles. The fourth-order valence-corrected chi connectivity index (χ4v) is 2.80. The van der Waals surface area contributed by atoms with Crippen LogP contribution in [0, 0.1) is 6.92 Å². The van der Waals surface area contributed by atoms with E-state index in [0.29, 0.717) is 0 Å². The SMILES string of the molecule is COc1cc(C)c2c(c1C(O)CN)CCCC2. The molecule has 1 aliphatic carbocycles. The third-order valence-corrected chi connectivity index (χ3v) is 3.66. The number of hydrogen-bond acceptors (Lipinski definition) is 3. The minimum Gasteiger partial charge on any atom is -0.496 e. The Bertz CT molecular complexity index is 415.